The molecule has 192 valence electrons. The zero-order valence-corrected chi connectivity index (χ0v) is 20.4. The summed E-state index contributed by atoms with van der Waals surface area (Å²) in [7, 11) is -3.38. The first-order chi connectivity index (χ1) is 16.0. The fourth-order valence-electron chi connectivity index (χ4n) is 5.29. The van der Waals surface area contributed by atoms with Crippen molar-refractivity contribution in [2.45, 2.75) is 69.9 Å². The van der Waals surface area contributed by atoms with Crippen LogP contribution in [0.15, 0.2) is 18.2 Å². The predicted octanol–water partition coefficient (Wildman–Crippen LogP) is 3.78. The fraction of sp³-hybridized carbons (Fsp3) is 0.696. The van der Waals surface area contributed by atoms with Crippen LogP contribution in [0.3, 0.4) is 0 Å². The minimum absolute atomic E-state index is 0.0478. The van der Waals surface area contributed by atoms with E-state index in [4.69, 9.17) is 0 Å². The molecule has 1 N–H and O–H groups in total. The summed E-state index contributed by atoms with van der Waals surface area (Å²) in [4.78, 5) is 14.9. The number of alkyl halides is 2. The molecule has 3 rings (SSSR count). The quantitative estimate of drug-likeness (QED) is 0.544. The summed E-state index contributed by atoms with van der Waals surface area (Å²) in [5, 5.41) is 2.72. The largest absolute Gasteiger partial charge is 0.347 e. The Bertz CT molecular complexity index is 951. The second-order valence-corrected chi connectivity index (χ2v) is 11.3. The van der Waals surface area contributed by atoms with Gasteiger partial charge in [-0.05, 0) is 37.8 Å². The Morgan fingerprint density at radius 2 is 1.59 bits per heavy atom. The van der Waals surface area contributed by atoms with E-state index in [0.29, 0.717) is 25.9 Å². The van der Waals surface area contributed by atoms with Gasteiger partial charge in [-0.25, -0.2) is 26.0 Å². The highest BCUT2D eigenvalue weighted by atomic mass is 32.2. The second kappa shape index (κ2) is 10.5. The third-order valence-electron chi connectivity index (χ3n) is 7.12. The molecule has 1 atom stereocenters. The maximum absolute atomic E-state index is 14.2. The maximum atomic E-state index is 14.2. The van der Waals surface area contributed by atoms with Crippen molar-refractivity contribution in [2.24, 2.45) is 0 Å². The number of amides is 1. The number of hydrogen-bond donors (Lipinski definition) is 1. The molecule has 1 aliphatic heterocycles. The number of nitrogens with zero attached hydrogens (tertiary/aromatic N) is 2. The number of halogens is 4. The molecular weight excluding hydrogens is 474 g/mol. The third-order valence-corrected chi connectivity index (χ3v) is 9.20. The molecule has 2 fully saturated rings. The van der Waals surface area contributed by atoms with Crippen molar-refractivity contribution in [3.05, 3.63) is 35.4 Å². The van der Waals surface area contributed by atoms with Gasteiger partial charge in [0.1, 0.15) is 17.2 Å². The van der Waals surface area contributed by atoms with Crippen LogP contribution < -0.4 is 5.32 Å². The average Bonchev–Trinajstić information content (AvgIpc) is 2.78. The van der Waals surface area contributed by atoms with Gasteiger partial charge in [0.05, 0.1) is 5.75 Å². The Hall–Kier alpha value is -1.72. The van der Waals surface area contributed by atoms with Crippen LogP contribution in [0.5, 0.6) is 0 Å². The fourth-order valence-corrected chi connectivity index (χ4v) is 6.79. The molecule has 1 saturated heterocycles. The monoisotopic (exact) mass is 507 g/mol. The van der Waals surface area contributed by atoms with E-state index in [1.165, 1.54) is 4.31 Å². The first-order valence-corrected chi connectivity index (χ1v) is 13.4. The van der Waals surface area contributed by atoms with Gasteiger partial charge in [-0.2, -0.15) is 4.31 Å². The van der Waals surface area contributed by atoms with Crippen LogP contribution in [0.25, 0.3) is 0 Å². The number of piperazine rings is 1. The zero-order chi connectivity index (χ0) is 25.1. The smallest absolute Gasteiger partial charge is 0.257 e. The summed E-state index contributed by atoms with van der Waals surface area (Å²) in [6.45, 7) is 4.69. The standard InChI is InChI=1S/C23H33F4N3O3S/c1-3-16-34(32,33)30-14-12-29(13-15-30)22(8-10-23(26,27)11-9-22)19(4-2)28-21(31)20-17(24)6-5-7-18(20)25/h5-7,19H,3-4,8-16H2,1-2H3,(H,28,31). The van der Waals surface area contributed by atoms with Crippen LogP contribution in [0, 0.1) is 11.6 Å². The van der Waals surface area contributed by atoms with Gasteiger partial charge in [0, 0.05) is 50.6 Å². The number of rotatable bonds is 8. The lowest BCUT2D eigenvalue weighted by molar-refractivity contribution is -0.0969. The lowest BCUT2D eigenvalue weighted by Crippen LogP contribution is -2.67. The van der Waals surface area contributed by atoms with E-state index in [9.17, 15) is 30.8 Å². The maximum Gasteiger partial charge on any atom is 0.257 e. The Morgan fingerprint density at radius 1 is 1.03 bits per heavy atom. The highest BCUT2D eigenvalue weighted by molar-refractivity contribution is 7.89. The normalized spacial score (nSPS) is 22.3. The molecule has 1 aromatic rings. The number of sulfonamides is 1. The van der Waals surface area contributed by atoms with Crippen molar-refractivity contribution in [1.82, 2.24) is 14.5 Å². The van der Waals surface area contributed by atoms with E-state index in [2.05, 4.69) is 5.32 Å². The molecule has 0 aromatic heterocycles. The zero-order valence-electron chi connectivity index (χ0n) is 19.6. The molecule has 1 aliphatic carbocycles. The minimum Gasteiger partial charge on any atom is -0.347 e. The van der Waals surface area contributed by atoms with Crippen LogP contribution in [-0.2, 0) is 10.0 Å². The number of carbonyl (C=O) groups excluding carboxylic acids is 1. The molecule has 0 spiro atoms. The van der Waals surface area contributed by atoms with E-state index >= 15 is 0 Å². The molecule has 1 unspecified atom stereocenters. The second-order valence-electron chi connectivity index (χ2n) is 9.19. The SMILES string of the molecule is CCCS(=O)(=O)N1CCN(C2(C(CC)NC(=O)c3c(F)cccc3F)CCC(F)(F)CC2)CC1. The van der Waals surface area contributed by atoms with Gasteiger partial charge < -0.3 is 5.32 Å². The predicted molar refractivity (Wildman–Crippen MR) is 121 cm³/mol. The highest BCUT2D eigenvalue weighted by Crippen LogP contribution is 2.44. The van der Waals surface area contributed by atoms with Crippen LogP contribution in [0.1, 0.15) is 62.7 Å². The summed E-state index contributed by atoms with van der Waals surface area (Å²) >= 11 is 0. The molecular formula is C23H33F4N3O3S. The Morgan fingerprint density at radius 3 is 2.09 bits per heavy atom. The summed E-state index contributed by atoms with van der Waals surface area (Å²) in [6, 6.07) is 2.50. The van der Waals surface area contributed by atoms with E-state index in [1.807, 2.05) is 4.90 Å². The van der Waals surface area contributed by atoms with Crippen LogP contribution in [0.4, 0.5) is 17.6 Å². The molecule has 1 aromatic carbocycles. The van der Waals surface area contributed by atoms with Crippen LogP contribution >= 0.6 is 0 Å². The summed E-state index contributed by atoms with van der Waals surface area (Å²) < 4.78 is 83.0. The van der Waals surface area contributed by atoms with E-state index < -0.39 is 50.6 Å². The summed E-state index contributed by atoms with van der Waals surface area (Å²) in [5.41, 5.74) is -1.57. The first kappa shape index (κ1) is 26.9. The van der Waals surface area contributed by atoms with Crippen molar-refractivity contribution in [3.8, 4) is 0 Å². The number of hydrogen-bond acceptors (Lipinski definition) is 4. The average molecular weight is 508 g/mol. The van der Waals surface area contributed by atoms with Gasteiger partial charge in [0.2, 0.25) is 15.9 Å². The van der Waals surface area contributed by atoms with Crippen molar-refractivity contribution < 1.29 is 30.8 Å². The van der Waals surface area contributed by atoms with Gasteiger partial charge in [0.25, 0.3) is 5.91 Å². The topological polar surface area (TPSA) is 69.7 Å². The molecule has 0 radical (unpaired) electrons. The van der Waals surface area contributed by atoms with E-state index in [1.54, 1.807) is 13.8 Å². The minimum atomic E-state index is -3.38. The van der Waals surface area contributed by atoms with Crippen LogP contribution in [0.2, 0.25) is 0 Å². The molecule has 6 nitrogen and oxygen atoms in total. The summed E-state index contributed by atoms with van der Waals surface area (Å²) in [5.74, 6) is -5.69. The van der Waals surface area contributed by atoms with Crippen molar-refractivity contribution >= 4 is 15.9 Å². The molecule has 34 heavy (non-hydrogen) atoms. The molecule has 1 heterocycles. The molecule has 1 amide bonds. The lowest BCUT2D eigenvalue weighted by Gasteiger charge is -2.54. The number of carbonyl (C=O) groups is 1. The van der Waals surface area contributed by atoms with E-state index in [-0.39, 0.29) is 44.5 Å². The van der Waals surface area contributed by atoms with Crippen molar-refractivity contribution in [1.29, 1.82) is 0 Å². The van der Waals surface area contributed by atoms with Gasteiger partial charge in [-0.1, -0.05) is 19.9 Å². The summed E-state index contributed by atoms with van der Waals surface area (Å²) in [6.07, 6.45) is 0.282. The number of benzene rings is 1. The number of nitrogens with one attached hydrogen (secondary N) is 1. The lowest BCUT2D eigenvalue weighted by atomic mass is 9.72. The van der Waals surface area contributed by atoms with Gasteiger partial charge in [0.15, 0.2) is 0 Å². The van der Waals surface area contributed by atoms with Crippen molar-refractivity contribution in [2.75, 3.05) is 31.9 Å². The van der Waals surface area contributed by atoms with Crippen molar-refractivity contribution in [3.63, 3.8) is 0 Å². The Balaban J connectivity index is 1.85. The van der Waals surface area contributed by atoms with E-state index in [0.717, 1.165) is 18.2 Å². The Kier molecular flexibility index (Phi) is 8.29. The third kappa shape index (κ3) is 5.57. The first-order valence-electron chi connectivity index (χ1n) is 11.8. The molecule has 2 aliphatic rings. The highest BCUT2D eigenvalue weighted by Gasteiger charge is 2.51. The van der Waals surface area contributed by atoms with Gasteiger partial charge in [-0.15, -0.1) is 0 Å². The molecule has 1 saturated carbocycles. The molecule has 0 bridgehead atoms. The van der Waals surface area contributed by atoms with Gasteiger partial charge >= 0.3 is 0 Å². The Labute approximate surface area is 198 Å². The molecule has 11 heteroatoms. The van der Waals surface area contributed by atoms with Gasteiger partial charge in [-0.3, -0.25) is 9.69 Å². The van der Waals surface area contributed by atoms with Crippen LogP contribution in [-0.4, -0.2) is 73.0 Å².